The third-order valence-electron chi connectivity index (χ3n) is 2.94. The molecule has 0 aliphatic rings. The lowest BCUT2D eigenvalue weighted by Gasteiger charge is -1.98. The lowest BCUT2D eigenvalue weighted by Crippen LogP contribution is -3.00. The quantitative estimate of drug-likeness (QED) is 0.466. The summed E-state index contributed by atoms with van der Waals surface area (Å²) in [5.74, 6) is 0. The van der Waals surface area contributed by atoms with Crippen LogP contribution in [-0.4, -0.2) is 9.13 Å². The van der Waals surface area contributed by atoms with E-state index in [4.69, 9.17) is 0 Å². The molecule has 0 saturated carbocycles. The van der Waals surface area contributed by atoms with Crippen LogP contribution >= 0.6 is 0 Å². The number of aromatic nitrogens is 4. The molecular weight excluding hydrogens is 372 g/mol. The summed E-state index contributed by atoms with van der Waals surface area (Å²) in [7, 11) is 0. The normalized spacial score (nSPS) is 10.4. The number of imidazole rings is 2. The molecule has 0 aliphatic heterocycles. The van der Waals surface area contributed by atoms with E-state index in [0.717, 1.165) is 6.67 Å². The molecule has 0 bridgehead atoms. The first-order valence-electron chi connectivity index (χ1n) is 6.19. The molecule has 0 unspecified atom stereocenters. The fraction of sp³-hybridized carbons (Fsp3) is 0.538. The van der Waals surface area contributed by atoms with Gasteiger partial charge in [-0.15, -0.1) is 0 Å². The van der Waals surface area contributed by atoms with Crippen molar-refractivity contribution in [3.05, 3.63) is 37.4 Å². The van der Waals surface area contributed by atoms with Gasteiger partial charge in [0.25, 0.3) is 0 Å². The van der Waals surface area contributed by atoms with Crippen LogP contribution < -0.4 is 43.1 Å². The first kappa shape index (κ1) is 18.4. The maximum Gasteiger partial charge on any atom is 0.247 e. The first-order valence-corrected chi connectivity index (χ1v) is 6.19. The maximum absolute atomic E-state index is 2.21. The van der Waals surface area contributed by atoms with Crippen molar-refractivity contribution in [2.45, 2.75) is 46.4 Å². The summed E-state index contributed by atoms with van der Waals surface area (Å²) < 4.78 is 8.79. The Morgan fingerprint density at radius 1 is 0.789 bits per heavy atom. The standard InChI is InChI=1S/C13H22N4.2BrH/c1-12(2)16-7-5-14(10-16)9-15-6-8-17(11-15)13(3)4;;/h5-8,10-13H,9H2,1-4H3;2*1H/q+2;;/p-2. The first-order chi connectivity index (χ1) is 8.06. The number of hydrogen-bond donors (Lipinski definition) is 0. The average Bonchev–Trinajstić information content (AvgIpc) is 2.87. The highest BCUT2D eigenvalue weighted by Crippen LogP contribution is 1.96. The largest absolute Gasteiger partial charge is 1.00 e. The number of hydrogen-bond acceptors (Lipinski definition) is 0. The van der Waals surface area contributed by atoms with E-state index in [1.807, 2.05) is 0 Å². The fourth-order valence-corrected chi connectivity index (χ4v) is 1.79. The van der Waals surface area contributed by atoms with Crippen molar-refractivity contribution >= 4 is 0 Å². The summed E-state index contributed by atoms with van der Waals surface area (Å²) in [5.41, 5.74) is 0. The molecule has 108 valence electrons. The van der Waals surface area contributed by atoms with Crippen LogP contribution in [0.4, 0.5) is 0 Å². The second-order valence-corrected chi connectivity index (χ2v) is 5.08. The van der Waals surface area contributed by atoms with Gasteiger partial charge in [-0.3, -0.25) is 0 Å². The average molecular weight is 394 g/mol. The Morgan fingerprint density at radius 2 is 1.16 bits per heavy atom. The Hall–Kier alpha value is -0.620. The highest BCUT2D eigenvalue weighted by atomic mass is 79.9. The molecule has 0 saturated heterocycles. The van der Waals surface area contributed by atoms with Crippen LogP contribution in [0.15, 0.2) is 37.4 Å². The Labute approximate surface area is 136 Å². The Kier molecular flexibility index (Phi) is 7.59. The van der Waals surface area contributed by atoms with Crippen LogP contribution in [0.2, 0.25) is 0 Å². The van der Waals surface area contributed by atoms with E-state index < -0.39 is 0 Å². The molecule has 0 aliphatic carbocycles. The summed E-state index contributed by atoms with van der Waals surface area (Å²) in [5, 5.41) is 0. The summed E-state index contributed by atoms with van der Waals surface area (Å²) in [4.78, 5) is 0. The van der Waals surface area contributed by atoms with Gasteiger partial charge in [0.15, 0.2) is 0 Å². The third kappa shape index (κ3) is 4.76. The van der Waals surface area contributed by atoms with Crippen molar-refractivity contribution in [1.82, 2.24) is 9.13 Å². The van der Waals surface area contributed by atoms with Crippen molar-refractivity contribution in [2.24, 2.45) is 0 Å². The Morgan fingerprint density at radius 3 is 1.42 bits per heavy atom. The smallest absolute Gasteiger partial charge is 0.247 e. The van der Waals surface area contributed by atoms with Crippen molar-refractivity contribution < 1.29 is 43.1 Å². The minimum Gasteiger partial charge on any atom is -1.00 e. The molecule has 4 nitrogen and oxygen atoms in total. The van der Waals surface area contributed by atoms with Gasteiger partial charge < -0.3 is 34.0 Å². The molecule has 0 fully saturated rings. The summed E-state index contributed by atoms with van der Waals surface area (Å²) >= 11 is 0. The van der Waals surface area contributed by atoms with Crippen LogP contribution in [0.3, 0.4) is 0 Å². The van der Waals surface area contributed by atoms with Gasteiger partial charge in [0.2, 0.25) is 19.3 Å². The molecule has 19 heavy (non-hydrogen) atoms. The Bertz CT molecular complexity index is 444. The predicted octanol–water partition coefficient (Wildman–Crippen LogP) is -4.46. The SMILES string of the molecule is CC(C)[n+]1ccn(Cn2cc[n+](C(C)C)c2)c1.[Br-].[Br-]. The molecule has 0 spiro atoms. The van der Waals surface area contributed by atoms with Gasteiger partial charge >= 0.3 is 0 Å². The zero-order chi connectivity index (χ0) is 12.4. The molecular formula is C13H22Br2N4. The fourth-order valence-electron chi connectivity index (χ4n) is 1.79. The van der Waals surface area contributed by atoms with Crippen LogP contribution in [0.25, 0.3) is 0 Å². The molecule has 0 amide bonds. The summed E-state index contributed by atoms with van der Waals surface area (Å²) in [6.07, 6.45) is 12.7. The number of halogens is 2. The van der Waals surface area contributed by atoms with Crippen LogP contribution in [0, 0.1) is 0 Å². The molecule has 2 rings (SSSR count). The summed E-state index contributed by atoms with van der Waals surface area (Å²) in [6.45, 7) is 9.61. The van der Waals surface area contributed by atoms with Gasteiger partial charge in [-0.05, 0) is 27.7 Å². The lowest BCUT2D eigenvalue weighted by molar-refractivity contribution is -0.716. The minimum atomic E-state index is 0. The minimum absolute atomic E-state index is 0. The molecule has 0 atom stereocenters. The number of nitrogens with zero attached hydrogens (tertiary/aromatic N) is 4. The van der Waals surface area contributed by atoms with Crippen molar-refractivity contribution in [3.8, 4) is 0 Å². The monoisotopic (exact) mass is 392 g/mol. The van der Waals surface area contributed by atoms with Gasteiger partial charge in [0.05, 0.1) is 12.1 Å². The van der Waals surface area contributed by atoms with Crippen LogP contribution in [-0.2, 0) is 6.67 Å². The molecule has 0 N–H and O–H groups in total. The van der Waals surface area contributed by atoms with Gasteiger partial charge in [-0.2, -0.15) is 9.13 Å². The highest BCUT2D eigenvalue weighted by Gasteiger charge is 2.11. The zero-order valence-electron chi connectivity index (χ0n) is 11.9. The van der Waals surface area contributed by atoms with Gasteiger partial charge in [0.1, 0.15) is 24.8 Å². The van der Waals surface area contributed by atoms with E-state index in [1.54, 1.807) is 0 Å². The molecule has 2 aromatic rings. The van der Waals surface area contributed by atoms with Crippen molar-refractivity contribution in [2.75, 3.05) is 0 Å². The molecule has 2 aromatic heterocycles. The molecule has 6 heteroatoms. The topological polar surface area (TPSA) is 17.6 Å². The maximum atomic E-state index is 2.21. The van der Waals surface area contributed by atoms with E-state index in [0.29, 0.717) is 12.1 Å². The molecule has 0 radical (unpaired) electrons. The lowest BCUT2D eigenvalue weighted by atomic mass is 10.4. The van der Waals surface area contributed by atoms with Crippen molar-refractivity contribution in [1.29, 1.82) is 0 Å². The number of rotatable bonds is 4. The predicted molar refractivity (Wildman–Crippen MR) is 65.4 cm³/mol. The van der Waals surface area contributed by atoms with Crippen LogP contribution in [0.5, 0.6) is 0 Å². The van der Waals surface area contributed by atoms with E-state index >= 15 is 0 Å². The molecule has 2 heterocycles. The summed E-state index contributed by atoms with van der Waals surface area (Å²) in [6, 6.07) is 1.03. The van der Waals surface area contributed by atoms with Gasteiger partial charge in [0, 0.05) is 0 Å². The third-order valence-corrected chi connectivity index (χ3v) is 2.94. The van der Waals surface area contributed by atoms with Crippen LogP contribution in [0.1, 0.15) is 39.8 Å². The van der Waals surface area contributed by atoms with E-state index in [-0.39, 0.29) is 34.0 Å². The van der Waals surface area contributed by atoms with E-state index in [2.05, 4.69) is 83.4 Å². The second-order valence-electron chi connectivity index (χ2n) is 5.08. The zero-order valence-corrected chi connectivity index (χ0v) is 15.0. The molecule has 0 aromatic carbocycles. The van der Waals surface area contributed by atoms with Gasteiger partial charge in [-0.25, -0.2) is 9.13 Å². The second kappa shape index (κ2) is 7.85. The Balaban J connectivity index is 0.00000162. The van der Waals surface area contributed by atoms with Gasteiger partial charge in [-0.1, -0.05) is 0 Å². The highest BCUT2D eigenvalue weighted by molar-refractivity contribution is 4.72. The van der Waals surface area contributed by atoms with E-state index in [9.17, 15) is 0 Å². The van der Waals surface area contributed by atoms with E-state index in [1.165, 1.54) is 0 Å². The van der Waals surface area contributed by atoms with Crippen molar-refractivity contribution in [3.63, 3.8) is 0 Å².